The Kier molecular flexibility index (Phi) is 2.24. The average molecular weight is 219 g/mol. The molecular weight excluding hydrogens is 215 g/mol. The van der Waals surface area contributed by atoms with E-state index in [1.54, 1.807) is 0 Å². The Morgan fingerprint density at radius 1 is 1.08 bits per heavy atom. The Labute approximate surface area is 84.1 Å². The molecule has 0 unspecified atom stereocenters. The van der Waals surface area contributed by atoms with E-state index in [1.165, 1.54) is 18.9 Å². The van der Waals surface area contributed by atoms with E-state index in [9.17, 15) is 0 Å². The van der Waals surface area contributed by atoms with Crippen LogP contribution in [-0.4, -0.2) is 9.97 Å². The first kappa shape index (κ1) is 8.59. The third-order valence-corrected chi connectivity index (χ3v) is 2.08. The van der Waals surface area contributed by atoms with Gasteiger partial charge in [-0.15, -0.1) is 0 Å². The second-order valence-electron chi connectivity index (χ2n) is 2.25. The van der Waals surface area contributed by atoms with Gasteiger partial charge in [-0.2, -0.15) is 0 Å². The van der Waals surface area contributed by atoms with Crippen LogP contribution in [-0.2, 0) is 9.47 Å². The molecule has 0 fully saturated rings. The summed E-state index contributed by atoms with van der Waals surface area (Å²) in [5.74, 6) is 0. The van der Waals surface area contributed by atoms with Crippen LogP contribution in [0, 0.1) is 0 Å². The molecule has 13 heavy (non-hydrogen) atoms. The van der Waals surface area contributed by atoms with Crippen molar-refractivity contribution < 1.29 is 9.47 Å². The smallest absolute Gasteiger partial charge is 0.272 e. The molecule has 0 atom stereocenters. The summed E-state index contributed by atoms with van der Waals surface area (Å²) >= 11 is 11.6. The van der Waals surface area contributed by atoms with Gasteiger partial charge in [0.1, 0.15) is 34.7 Å². The van der Waals surface area contributed by atoms with Gasteiger partial charge in [0.2, 0.25) is 0 Å². The molecule has 0 aliphatic carbocycles. The molecule has 0 N–H and O–H groups in total. The van der Waals surface area contributed by atoms with Gasteiger partial charge >= 0.3 is 0 Å². The summed E-state index contributed by atoms with van der Waals surface area (Å²) in [6.45, 7) is 0. The molecule has 0 bridgehead atoms. The molecule has 4 nitrogen and oxygen atoms in total. The number of hydrogen-bond donors (Lipinski definition) is 0. The zero-order chi connectivity index (χ0) is 9.26. The van der Waals surface area contributed by atoms with Gasteiger partial charge in [-0.25, -0.2) is 9.97 Å². The zero-order valence-electron chi connectivity index (χ0n) is 6.28. The number of aromatic nitrogens is 2. The van der Waals surface area contributed by atoms with Crippen LogP contribution in [0.5, 0.6) is 0 Å². The Morgan fingerprint density at radius 2 is 1.62 bits per heavy atom. The van der Waals surface area contributed by atoms with Crippen LogP contribution >= 0.6 is 23.2 Å². The summed E-state index contributed by atoms with van der Waals surface area (Å²) in [4.78, 5) is 7.53. The van der Waals surface area contributed by atoms with E-state index in [0.29, 0.717) is 5.56 Å². The summed E-state index contributed by atoms with van der Waals surface area (Å²) in [5, 5.41) is 0.461. The number of halogens is 2. The highest BCUT2D eigenvalue weighted by Crippen LogP contribution is 2.32. The Bertz CT molecular complexity index is 328. The summed E-state index contributed by atoms with van der Waals surface area (Å²) in [7, 11) is 0. The molecule has 6 heteroatoms. The Morgan fingerprint density at radius 3 is 2.15 bits per heavy atom. The van der Waals surface area contributed by atoms with Crippen molar-refractivity contribution in [3.63, 3.8) is 0 Å². The van der Waals surface area contributed by atoms with E-state index in [2.05, 4.69) is 9.97 Å². The highest BCUT2D eigenvalue weighted by atomic mass is 35.5. The van der Waals surface area contributed by atoms with E-state index in [0.717, 1.165) is 0 Å². The maximum atomic E-state index is 5.79. The molecule has 1 aliphatic heterocycles. The summed E-state index contributed by atoms with van der Waals surface area (Å²) in [5.41, 5.74) is 0.441. The van der Waals surface area contributed by atoms with Crippen molar-refractivity contribution >= 4 is 23.2 Å². The number of ether oxygens (including phenoxy) is 2. The largest absolute Gasteiger partial charge is 0.455 e. The first-order valence-electron chi connectivity index (χ1n) is 3.41. The van der Waals surface area contributed by atoms with Crippen LogP contribution in [0.3, 0.4) is 0 Å². The van der Waals surface area contributed by atoms with Crippen LogP contribution in [0.2, 0.25) is 10.3 Å². The molecule has 0 radical (unpaired) electrons. The van der Waals surface area contributed by atoms with Gasteiger partial charge in [0.15, 0.2) is 0 Å². The maximum Gasteiger partial charge on any atom is 0.272 e. The molecule has 0 spiro atoms. The van der Waals surface area contributed by atoms with E-state index >= 15 is 0 Å². The van der Waals surface area contributed by atoms with Crippen LogP contribution < -0.4 is 0 Å². The molecule has 0 aromatic carbocycles. The zero-order valence-corrected chi connectivity index (χ0v) is 7.79. The lowest BCUT2D eigenvalue weighted by atomic mass is 10.3. The van der Waals surface area contributed by atoms with Gasteiger partial charge in [0.25, 0.3) is 6.29 Å². The monoisotopic (exact) mass is 218 g/mol. The lowest BCUT2D eigenvalue weighted by Crippen LogP contribution is -2.02. The van der Waals surface area contributed by atoms with Crippen molar-refractivity contribution in [2.75, 3.05) is 0 Å². The number of rotatable bonds is 1. The standard InChI is InChI=1S/C7H4Cl2N2O2/c8-5-4(6(9)11-3-10-5)7-12-1-2-13-7/h1-3,7H. The molecule has 0 saturated carbocycles. The first-order chi connectivity index (χ1) is 6.29. The molecule has 1 aliphatic rings. The Hall–Kier alpha value is -1.00. The van der Waals surface area contributed by atoms with Gasteiger partial charge in [-0.05, 0) is 0 Å². The normalized spacial score (nSPS) is 15.5. The Balaban J connectivity index is 2.38. The number of hydrogen-bond acceptors (Lipinski definition) is 4. The molecule has 2 heterocycles. The van der Waals surface area contributed by atoms with Crippen molar-refractivity contribution in [3.05, 3.63) is 34.7 Å². The fourth-order valence-electron chi connectivity index (χ4n) is 0.924. The van der Waals surface area contributed by atoms with Crippen molar-refractivity contribution in [1.82, 2.24) is 9.97 Å². The molecule has 1 aromatic heterocycles. The fraction of sp³-hybridized carbons (Fsp3) is 0.143. The van der Waals surface area contributed by atoms with Crippen LogP contribution in [0.1, 0.15) is 11.9 Å². The third kappa shape index (κ3) is 1.55. The lowest BCUT2D eigenvalue weighted by Gasteiger charge is -2.11. The summed E-state index contributed by atoms with van der Waals surface area (Å²) < 4.78 is 10.1. The second-order valence-corrected chi connectivity index (χ2v) is 2.96. The SMILES string of the molecule is Clc1ncnc(Cl)c1C1OC=CO1. The molecule has 0 saturated heterocycles. The minimum atomic E-state index is -0.638. The maximum absolute atomic E-state index is 5.79. The van der Waals surface area contributed by atoms with E-state index < -0.39 is 6.29 Å². The van der Waals surface area contributed by atoms with Gasteiger partial charge < -0.3 is 9.47 Å². The predicted octanol–water partition coefficient (Wildman–Crippen LogP) is 2.30. The van der Waals surface area contributed by atoms with Gasteiger partial charge in [-0.3, -0.25) is 0 Å². The summed E-state index contributed by atoms with van der Waals surface area (Å²) in [6.07, 6.45) is 3.45. The van der Waals surface area contributed by atoms with Gasteiger partial charge in [0.05, 0.1) is 0 Å². The molecule has 2 rings (SSSR count). The fourth-order valence-corrected chi connectivity index (χ4v) is 1.42. The highest BCUT2D eigenvalue weighted by Gasteiger charge is 2.23. The second kappa shape index (κ2) is 3.40. The van der Waals surface area contributed by atoms with Crippen molar-refractivity contribution in [3.8, 4) is 0 Å². The lowest BCUT2D eigenvalue weighted by molar-refractivity contribution is -0.0249. The van der Waals surface area contributed by atoms with Crippen molar-refractivity contribution in [1.29, 1.82) is 0 Å². The van der Waals surface area contributed by atoms with Gasteiger partial charge in [0, 0.05) is 0 Å². The number of nitrogens with zero attached hydrogens (tertiary/aromatic N) is 2. The predicted molar refractivity (Wildman–Crippen MR) is 46.1 cm³/mol. The molecule has 68 valence electrons. The van der Waals surface area contributed by atoms with Crippen molar-refractivity contribution in [2.45, 2.75) is 6.29 Å². The minimum Gasteiger partial charge on any atom is -0.455 e. The van der Waals surface area contributed by atoms with Crippen molar-refractivity contribution in [2.24, 2.45) is 0 Å². The van der Waals surface area contributed by atoms with E-state index in [-0.39, 0.29) is 10.3 Å². The first-order valence-corrected chi connectivity index (χ1v) is 4.16. The molecular formula is C7H4Cl2N2O2. The van der Waals surface area contributed by atoms with Crippen LogP contribution in [0.15, 0.2) is 18.9 Å². The summed E-state index contributed by atoms with van der Waals surface area (Å²) in [6, 6.07) is 0. The van der Waals surface area contributed by atoms with E-state index in [1.807, 2.05) is 0 Å². The molecule has 0 amide bonds. The molecule has 1 aromatic rings. The quantitative estimate of drug-likeness (QED) is 0.679. The van der Waals surface area contributed by atoms with Crippen LogP contribution in [0.4, 0.5) is 0 Å². The topological polar surface area (TPSA) is 44.2 Å². The minimum absolute atomic E-state index is 0.230. The third-order valence-electron chi connectivity index (χ3n) is 1.48. The van der Waals surface area contributed by atoms with E-state index in [4.69, 9.17) is 32.7 Å². The average Bonchev–Trinajstić information content (AvgIpc) is 2.57. The van der Waals surface area contributed by atoms with Gasteiger partial charge in [-0.1, -0.05) is 23.2 Å². The van der Waals surface area contributed by atoms with Crippen LogP contribution in [0.25, 0.3) is 0 Å². The highest BCUT2D eigenvalue weighted by molar-refractivity contribution is 6.34.